The van der Waals surface area contributed by atoms with Gasteiger partial charge in [0, 0.05) is 10.8 Å². The van der Waals surface area contributed by atoms with Crippen molar-refractivity contribution < 1.29 is 4.39 Å². The Kier molecular flexibility index (Phi) is 2.03. The van der Waals surface area contributed by atoms with E-state index in [1.165, 1.54) is 6.42 Å². The summed E-state index contributed by atoms with van der Waals surface area (Å²) < 4.78 is 13.7. The fraction of sp³-hybridized carbons (Fsp3) is 1.00. The Morgan fingerprint density at radius 2 is 1.27 bits per heavy atom. The van der Waals surface area contributed by atoms with Crippen molar-refractivity contribution in [3.63, 3.8) is 0 Å². The van der Waals surface area contributed by atoms with Crippen molar-refractivity contribution in [2.24, 2.45) is 10.8 Å². The van der Waals surface area contributed by atoms with Gasteiger partial charge in [0.15, 0.2) is 5.13 Å². The summed E-state index contributed by atoms with van der Waals surface area (Å²) in [5.74, 6) is 0. The third kappa shape index (κ3) is 1.06. The van der Waals surface area contributed by atoms with Crippen LogP contribution < -0.4 is 0 Å². The Morgan fingerprint density at radius 3 is 1.73 bits per heavy atom. The molecule has 0 aromatic heterocycles. The third-order valence-electron chi connectivity index (χ3n) is 4.88. The van der Waals surface area contributed by atoms with E-state index in [0.717, 1.165) is 25.7 Å². The Bertz CT molecular complexity index is 289. The lowest BCUT2D eigenvalue weighted by Gasteiger charge is -2.24. The summed E-state index contributed by atoms with van der Waals surface area (Å²) in [5, 5.41) is -1.53. The summed E-state index contributed by atoms with van der Waals surface area (Å²) in [6, 6.07) is 0. The first-order valence-electron chi connectivity index (χ1n) is 5.63. The van der Waals surface area contributed by atoms with Crippen LogP contribution in [0.25, 0.3) is 0 Å². The first kappa shape index (κ1) is 10.9. The van der Waals surface area contributed by atoms with Crippen LogP contribution in [-0.2, 0) is 0 Å². The Morgan fingerprint density at radius 1 is 0.800 bits per heavy atom. The maximum Gasteiger partial charge on any atom is 0.196 e. The van der Waals surface area contributed by atoms with E-state index in [-0.39, 0.29) is 0 Å². The first-order chi connectivity index (χ1) is 6.87. The van der Waals surface area contributed by atoms with E-state index in [1.54, 1.807) is 0 Å². The highest BCUT2D eigenvalue weighted by molar-refractivity contribution is 6.49. The van der Waals surface area contributed by atoms with E-state index in [0.29, 0.717) is 12.8 Å². The van der Waals surface area contributed by atoms with Crippen LogP contribution in [0, 0.1) is 10.8 Å². The molecule has 3 fully saturated rings. The maximum atomic E-state index is 14.4. The average molecular weight is 272 g/mol. The highest BCUT2D eigenvalue weighted by atomic mass is 35.5. The predicted octanol–water partition coefficient (Wildman–Crippen LogP) is 4.81. The van der Waals surface area contributed by atoms with E-state index in [4.69, 9.17) is 34.8 Å². The summed E-state index contributed by atoms with van der Waals surface area (Å²) in [6.07, 6.45) is 6.08. The molecule has 0 nitrogen and oxygen atoms in total. The van der Waals surface area contributed by atoms with Gasteiger partial charge >= 0.3 is 0 Å². The van der Waals surface area contributed by atoms with Crippen LogP contribution in [0.1, 0.15) is 44.9 Å². The van der Waals surface area contributed by atoms with Crippen LogP contribution in [-0.4, -0.2) is 9.46 Å². The van der Waals surface area contributed by atoms with Crippen molar-refractivity contribution in [3.05, 3.63) is 0 Å². The lowest BCUT2D eigenvalue weighted by molar-refractivity contribution is 0.252. The second-order valence-corrected chi connectivity index (χ2v) is 7.67. The molecule has 0 heterocycles. The molecule has 0 aromatic rings. The molecule has 3 saturated carbocycles. The zero-order valence-corrected chi connectivity index (χ0v) is 10.7. The molecule has 0 saturated heterocycles. The summed E-state index contributed by atoms with van der Waals surface area (Å²) in [6.45, 7) is 0. The van der Waals surface area contributed by atoms with Crippen LogP contribution in [0.3, 0.4) is 0 Å². The molecular formula is C11H14Cl3F. The van der Waals surface area contributed by atoms with Crippen LogP contribution in [0.15, 0.2) is 0 Å². The van der Waals surface area contributed by atoms with Gasteiger partial charge < -0.3 is 0 Å². The van der Waals surface area contributed by atoms with Crippen LogP contribution in [0.5, 0.6) is 0 Å². The molecule has 0 radical (unpaired) electrons. The Labute approximate surface area is 104 Å². The van der Waals surface area contributed by atoms with Gasteiger partial charge in [0.05, 0.1) is 0 Å². The van der Waals surface area contributed by atoms with Crippen molar-refractivity contribution >= 4 is 34.8 Å². The van der Waals surface area contributed by atoms with Gasteiger partial charge in [-0.2, -0.15) is 0 Å². The largest absolute Gasteiger partial charge is 0.225 e. The molecular weight excluding hydrogens is 257 g/mol. The second kappa shape index (κ2) is 2.79. The van der Waals surface area contributed by atoms with Crippen molar-refractivity contribution in [2.45, 2.75) is 54.4 Å². The van der Waals surface area contributed by atoms with Gasteiger partial charge in [0.25, 0.3) is 0 Å². The van der Waals surface area contributed by atoms with Crippen LogP contribution in [0.2, 0.25) is 0 Å². The lowest BCUT2D eigenvalue weighted by atomic mass is 9.92. The number of hydrogen-bond donors (Lipinski definition) is 0. The minimum atomic E-state index is -1.53. The van der Waals surface area contributed by atoms with Gasteiger partial charge in [-0.1, -0.05) is 30.9 Å². The zero-order chi connectivity index (χ0) is 10.9. The van der Waals surface area contributed by atoms with E-state index >= 15 is 0 Å². The van der Waals surface area contributed by atoms with E-state index in [1.807, 2.05) is 0 Å². The van der Waals surface area contributed by atoms with Crippen molar-refractivity contribution in [1.29, 1.82) is 0 Å². The van der Waals surface area contributed by atoms with Crippen LogP contribution in [0.4, 0.5) is 4.39 Å². The quantitative estimate of drug-likeness (QED) is 0.555. The standard InChI is InChI=1S/C11H14Cl3F/c12-10(13)6-8-4-2-1-3-5-9(8,7-10)11(8,14)15/h1-7H2/t8-,9+,11?. The summed E-state index contributed by atoms with van der Waals surface area (Å²) in [7, 11) is 0. The van der Waals surface area contributed by atoms with Gasteiger partial charge in [-0.05, 0) is 25.7 Å². The van der Waals surface area contributed by atoms with Crippen molar-refractivity contribution in [1.82, 2.24) is 0 Å². The molecule has 86 valence electrons. The smallest absolute Gasteiger partial charge is 0.196 e. The summed E-state index contributed by atoms with van der Waals surface area (Å²) >= 11 is 18.4. The third-order valence-corrected chi connectivity index (χ3v) is 6.14. The van der Waals surface area contributed by atoms with Crippen LogP contribution >= 0.6 is 34.8 Å². The van der Waals surface area contributed by atoms with Gasteiger partial charge in [-0.3, -0.25) is 0 Å². The SMILES string of the molecule is FC1(Cl)[C@@]23CCCCC[C@@]12CC(Cl)(Cl)C3. The van der Waals surface area contributed by atoms with Gasteiger partial charge in [0.2, 0.25) is 0 Å². The molecule has 3 rings (SSSR count). The highest BCUT2D eigenvalue weighted by Gasteiger charge is 2.91. The molecule has 3 aliphatic carbocycles. The summed E-state index contributed by atoms with van der Waals surface area (Å²) in [4.78, 5) is 0. The average Bonchev–Trinajstić information content (AvgIpc) is 2.39. The maximum absolute atomic E-state index is 14.4. The minimum absolute atomic E-state index is 0.415. The number of hydrogen-bond acceptors (Lipinski definition) is 0. The highest BCUT2D eigenvalue weighted by Crippen LogP contribution is 2.90. The first-order valence-corrected chi connectivity index (χ1v) is 6.76. The second-order valence-electron chi connectivity index (χ2n) is 5.51. The molecule has 0 spiro atoms. The van der Waals surface area contributed by atoms with Crippen molar-refractivity contribution in [3.8, 4) is 0 Å². The molecule has 3 atom stereocenters. The monoisotopic (exact) mass is 270 g/mol. The molecule has 0 bridgehead atoms. The van der Waals surface area contributed by atoms with Gasteiger partial charge in [-0.25, -0.2) is 4.39 Å². The fourth-order valence-electron chi connectivity index (χ4n) is 4.25. The molecule has 0 amide bonds. The van der Waals surface area contributed by atoms with Gasteiger partial charge in [0.1, 0.15) is 4.33 Å². The lowest BCUT2D eigenvalue weighted by Crippen LogP contribution is -2.23. The molecule has 3 aliphatic rings. The summed E-state index contributed by atoms with van der Waals surface area (Å²) in [5.41, 5.74) is -0.830. The fourth-order valence-corrected chi connectivity index (χ4v) is 5.80. The Hall–Kier alpha value is 0.800. The molecule has 4 heteroatoms. The zero-order valence-electron chi connectivity index (χ0n) is 8.46. The predicted molar refractivity (Wildman–Crippen MR) is 61.3 cm³/mol. The minimum Gasteiger partial charge on any atom is -0.225 e. The van der Waals surface area contributed by atoms with E-state index < -0.39 is 20.3 Å². The topological polar surface area (TPSA) is 0 Å². The molecule has 0 aromatic carbocycles. The molecule has 0 N–H and O–H groups in total. The van der Waals surface area contributed by atoms with Gasteiger partial charge in [-0.15, -0.1) is 23.2 Å². The number of rotatable bonds is 0. The molecule has 15 heavy (non-hydrogen) atoms. The normalized spacial score (nSPS) is 56.8. The van der Waals surface area contributed by atoms with E-state index in [9.17, 15) is 4.39 Å². The Balaban J connectivity index is 2.02. The molecule has 1 unspecified atom stereocenters. The molecule has 0 aliphatic heterocycles. The van der Waals surface area contributed by atoms with Crippen molar-refractivity contribution in [2.75, 3.05) is 0 Å². The number of halogens is 4. The number of alkyl halides is 4. The van der Waals surface area contributed by atoms with E-state index in [2.05, 4.69) is 0 Å².